The molecule has 130 valence electrons. The molecule has 24 heavy (non-hydrogen) atoms. The Morgan fingerprint density at radius 3 is 2.71 bits per heavy atom. The van der Waals surface area contributed by atoms with Crippen LogP contribution in [0.25, 0.3) is 0 Å². The second-order valence-corrected chi connectivity index (χ2v) is 5.94. The Balaban J connectivity index is 1.78. The maximum Gasteiger partial charge on any atom is 0.246 e. The average molecular weight is 331 g/mol. The topological polar surface area (TPSA) is 76.4 Å². The van der Waals surface area contributed by atoms with Gasteiger partial charge in [-0.3, -0.25) is 9.48 Å². The fourth-order valence-corrected chi connectivity index (χ4v) is 2.55. The Labute approximate surface area is 142 Å². The summed E-state index contributed by atoms with van der Waals surface area (Å²) in [4.78, 5) is 12.0. The lowest BCUT2D eigenvalue weighted by Crippen LogP contribution is -2.32. The molecular weight excluding hydrogens is 306 g/mol. The fourth-order valence-electron chi connectivity index (χ4n) is 2.55. The van der Waals surface area contributed by atoms with Crippen LogP contribution < -0.4 is 5.32 Å². The molecule has 0 bridgehead atoms. The number of rotatable bonds is 9. The molecule has 6 heteroatoms. The Morgan fingerprint density at radius 2 is 2.08 bits per heavy atom. The molecule has 0 spiro atoms. The van der Waals surface area contributed by atoms with E-state index < -0.39 is 6.10 Å². The summed E-state index contributed by atoms with van der Waals surface area (Å²) in [5.74, 6) is -0.0871. The summed E-state index contributed by atoms with van der Waals surface area (Å²) in [6.07, 6.45) is 1.87. The first-order chi connectivity index (χ1) is 11.6. The second kappa shape index (κ2) is 9.20. The zero-order chi connectivity index (χ0) is 17.4. The molecule has 2 unspecified atom stereocenters. The first-order valence-electron chi connectivity index (χ1n) is 8.10. The molecule has 1 amide bonds. The number of aliphatic hydroxyl groups excluding tert-OH is 1. The first kappa shape index (κ1) is 18.2. The van der Waals surface area contributed by atoms with Crippen LogP contribution in [0.15, 0.2) is 42.6 Å². The van der Waals surface area contributed by atoms with Crippen molar-refractivity contribution >= 4 is 5.91 Å². The van der Waals surface area contributed by atoms with Gasteiger partial charge in [-0.1, -0.05) is 30.3 Å². The number of aryl methyl sites for hydroxylation is 1. The van der Waals surface area contributed by atoms with Gasteiger partial charge in [-0.25, -0.2) is 0 Å². The molecule has 0 aliphatic carbocycles. The SMILES string of the molecule is CC(O)CC(CNC(=O)COCc1ccnn1C)c1ccccc1. The van der Waals surface area contributed by atoms with Gasteiger partial charge < -0.3 is 15.2 Å². The minimum atomic E-state index is -0.423. The van der Waals surface area contributed by atoms with Crippen LogP contribution in [-0.4, -0.2) is 40.0 Å². The zero-order valence-electron chi connectivity index (χ0n) is 14.2. The summed E-state index contributed by atoms with van der Waals surface area (Å²) in [5.41, 5.74) is 2.02. The summed E-state index contributed by atoms with van der Waals surface area (Å²) in [5, 5.41) is 16.6. The third kappa shape index (κ3) is 5.79. The molecule has 6 nitrogen and oxygen atoms in total. The molecule has 1 aromatic carbocycles. The highest BCUT2D eigenvalue weighted by Crippen LogP contribution is 2.20. The Bertz CT molecular complexity index is 625. The van der Waals surface area contributed by atoms with Gasteiger partial charge in [-0.05, 0) is 25.0 Å². The van der Waals surface area contributed by atoms with Crippen LogP contribution in [0.2, 0.25) is 0 Å². The molecule has 0 radical (unpaired) electrons. The fraction of sp³-hybridized carbons (Fsp3) is 0.444. The quantitative estimate of drug-likeness (QED) is 0.732. The number of aliphatic hydroxyl groups is 1. The Morgan fingerprint density at radius 1 is 1.33 bits per heavy atom. The highest BCUT2D eigenvalue weighted by atomic mass is 16.5. The van der Waals surface area contributed by atoms with E-state index in [0.29, 0.717) is 19.6 Å². The van der Waals surface area contributed by atoms with Crippen LogP contribution in [0.1, 0.15) is 30.5 Å². The lowest BCUT2D eigenvalue weighted by Gasteiger charge is -2.19. The first-order valence-corrected chi connectivity index (χ1v) is 8.10. The van der Waals surface area contributed by atoms with Crippen molar-refractivity contribution in [3.05, 3.63) is 53.9 Å². The molecular formula is C18H25N3O3. The third-order valence-corrected chi connectivity index (χ3v) is 3.85. The number of nitrogens with one attached hydrogen (secondary N) is 1. The van der Waals surface area contributed by atoms with Crippen LogP contribution in [0.5, 0.6) is 0 Å². The number of carbonyl (C=O) groups is 1. The molecule has 2 aromatic rings. The maximum atomic E-state index is 12.0. The number of aromatic nitrogens is 2. The molecule has 2 atom stereocenters. The standard InChI is InChI=1S/C18H25N3O3/c1-14(22)10-16(15-6-4-3-5-7-15)11-19-18(23)13-24-12-17-8-9-20-21(17)2/h3-9,14,16,22H,10-13H2,1-2H3,(H,19,23). The van der Waals surface area contributed by atoms with Gasteiger partial charge in [0.2, 0.25) is 5.91 Å². The highest BCUT2D eigenvalue weighted by molar-refractivity contribution is 5.77. The monoisotopic (exact) mass is 331 g/mol. The van der Waals surface area contributed by atoms with E-state index in [-0.39, 0.29) is 18.4 Å². The molecule has 0 saturated heterocycles. The van der Waals surface area contributed by atoms with Crippen molar-refractivity contribution in [2.75, 3.05) is 13.2 Å². The van der Waals surface area contributed by atoms with E-state index in [0.717, 1.165) is 11.3 Å². The highest BCUT2D eigenvalue weighted by Gasteiger charge is 2.15. The normalized spacial score (nSPS) is 13.5. The van der Waals surface area contributed by atoms with E-state index in [4.69, 9.17) is 4.74 Å². The van der Waals surface area contributed by atoms with Gasteiger partial charge in [0, 0.05) is 25.7 Å². The van der Waals surface area contributed by atoms with Gasteiger partial charge >= 0.3 is 0 Å². The van der Waals surface area contributed by atoms with Crippen LogP contribution >= 0.6 is 0 Å². The minimum absolute atomic E-state index is 0.00136. The number of benzene rings is 1. The zero-order valence-corrected chi connectivity index (χ0v) is 14.2. The number of hydrogen-bond acceptors (Lipinski definition) is 4. The summed E-state index contributed by atoms with van der Waals surface area (Å²) >= 11 is 0. The third-order valence-electron chi connectivity index (χ3n) is 3.85. The van der Waals surface area contributed by atoms with E-state index in [9.17, 15) is 9.90 Å². The predicted molar refractivity (Wildman–Crippen MR) is 91.4 cm³/mol. The van der Waals surface area contributed by atoms with Crippen molar-refractivity contribution in [1.29, 1.82) is 0 Å². The Kier molecular flexibility index (Phi) is 6.96. The molecule has 2 N–H and O–H groups in total. The van der Waals surface area contributed by atoms with E-state index in [1.54, 1.807) is 17.8 Å². The number of ether oxygens (including phenoxy) is 1. The van der Waals surface area contributed by atoms with Crippen molar-refractivity contribution in [2.24, 2.45) is 7.05 Å². The molecule has 0 fully saturated rings. The van der Waals surface area contributed by atoms with Crippen molar-refractivity contribution in [2.45, 2.75) is 32.0 Å². The van der Waals surface area contributed by atoms with Crippen molar-refractivity contribution in [1.82, 2.24) is 15.1 Å². The van der Waals surface area contributed by atoms with Crippen LogP contribution in [-0.2, 0) is 23.2 Å². The van der Waals surface area contributed by atoms with Crippen LogP contribution in [0, 0.1) is 0 Å². The molecule has 0 aliphatic rings. The molecule has 1 aromatic heterocycles. The van der Waals surface area contributed by atoms with Gasteiger partial charge in [0.1, 0.15) is 6.61 Å². The van der Waals surface area contributed by atoms with E-state index in [1.807, 2.05) is 43.4 Å². The lowest BCUT2D eigenvalue weighted by atomic mass is 9.93. The molecule has 0 saturated carbocycles. The Hall–Kier alpha value is -2.18. The lowest BCUT2D eigenvalue weighted by molar-refractivity contribution is -0.126. The van der Waals surface area contributed by atoms with Gasteiger partial charge in [0.15, 0.2) is 0 Å². The molecule has 2 rings (SSSR count). The number of hydrogen-bond donors (Lipinski definition) is 2. The van der Waals surface area contributed by atoms with Gasteiger partial charge in [-0.2, -0.15) is 5.10 Å². The van der Waals surface area contributed by atoms with Gasteiger partial charge in [0.05, 0.1) is 18.4 Å². The van der Waals surface area contributed by atoms with Gasteiger partial charge in [-0.15, -0.1) is 0 Å². The maximum absolute atomic E-state index is 12.0. The van der Waals surface area contributed by atoms with Gasteiger partial charge in [0.25, 0.3) is 0 Å². The average Bonchev–Trinajstić information content (AvgIpc) is 2.97. The molecule has 0 aliphatic heterocycles. The smallest absolute Gasteiger partial charge is 0.246 e. The summed E-state index contributed by atoms with van der Waals surface area (Å²) < 4.78 is 7.13. The second-order valence-electron chi connectivity index (χ2n) is 5.94. The predicted octanol–water partition coefficient (Wildman–Crippen LogP) is 1.61. The van der Waals surface area contributed by atoms with Crippen LogP contribution in [0.3, 0.4) is 0 Å². The van der Waals surface area contributed by atoms with Crippen molar-refractivity contribution in [3.8, 4) is 0 Å². The largest absolute Gasteiger partial charge is 0.393 e. The summed E-state index contributed by atoms with van der Waals surface area (Å²) in [6.45, 7) is 2.58. The van der Waals surface area contributed by atoms with Crippen molar-refractivity contribution in [3.63, 3.8) is 0 Å². The minimum Gasteiger partial charge on any atom is -0.393 e. The van der Waals surface area contributed by atoms with E-state index >= 15 is 0 Å². The number of amides is 1. The number of nitrogens with zero attached hydrogens (tertiary/aromatic N) is 2. The van der Waals surface area contributed by atoms with E-state index in [2.05, 4.69) is 10.4 Å². The number of carbonyl (C=O) groups excluding carboxylic acids is 1. The van der Waals surface area contributed by atoms with E-state index in [1.165, 1.54) is 0 Å². The summed E-state index contributed by atoms with van der Waals surface area (Å²) in [6, 6.07) is 11.8. The molecule has 1 heterocycles. The van der Waals surface area contributed by atoms with Crippen LogP contribution in [0.4, 0.5) is 0 Å². The summed E-state index contributed by atoms with van der Waals surface area (Å²) in [7, 11) is 1.83. The van der Waals surface area contributed by atoms with Crippen molar-refractivity contribution < 1.29 is 14.6 Å².